The Morgan fingerprint density at radius 2 is 2.12 bits per heavy atom. The SMILES string of the molecule is CNCC(=O)ONC(=O)[C@@]1(CCCCC(=O)O)SC[C@@H]2NC(=O)N[C@@H]21. The average Bonchev–Trinajstić information content (AvgIpc) is 3.08. The molecule has 10 nitrogen and oxygen atoms in total. The Morgan fingerprint density at radius 3 is 2.80 bits per heavy atom. The van der Waals surface area contributed by atoms with Gasteiger partial charge in [-0.25, -0.2) is 9.59 Å². The van der Waals surface area contributed by atoms with Gasteiger partial charge in [-0.3, -0.25) is 9.59 Å². The van der Waals surface area contributed by atoms with Crippen LogP contribution >= 0.6 is 11.8 Å². The first-order valence-corrected chi connectivity index (χ1v) is 8.95. The highest BCUT2D eigenvalue weighted by Crippen LogP contribution is 2.44. The lowest BCUT2D eigenvalue weighted by Crippen LogP contribution is -2.56. The number of likely N-dealkylation sites (N-methyl/N-ethyl adjacent to an activating group) is 1. The second kappa shape index (κ2) is 8.39. The van der Waals surface area contributed by atoms with Crippen LogP contribution in [-0.2, 0) is 19.2 Å². The fourth-order valence-corrected chi connectivity index (χ4v) is 4.64. The summed E-state index contributed by atoms with van der Waals surface area (Å²) in [5, 5.41) is 16.9. The number of hydrogen-bond acceptors (Lipinski definition) is 7. The fourth-order valence-electron chi connectivity index (χ4n) is 3.02. The van der Waals surface area contributed by atoms with E-state index < -0.39 is 28.6 Å². The second-order valence-corrected chi connectivity index (χ2v) is 7.29. The first kappa shape index (κ1) is 19.3. The normalized spacial score (nSPS) is 27.2. The molecule has 2 aliphatic heterocycles. The van der Waals surface area contributed by atoms with Gasteiger partial charge >= 0.3 is 18.0 Å². The monoisotopic (exact) mass is 374 g/mol. The van der Waals surface area contributed by atoms with E-state index >= 15 is 0 Å². The Morgan fingerprint density at radius 1 is 1.36 bits per heavy atom. The number of nitrogens with one attached hydrogen (secondary N) is 4. The number of aliphatic carboxylic acids is 1. The topological polar surface area (TPSA) is 146 Å². The van der Waals surface area contributed by atoms with Crippen LogP contribution in [0.5, 0.6) is 0 Å². The van der Waals surface area contributed by atoms with Gasteiger partial charge in [0, 0.05) is 12.2 Å². The maximum absolute atomic E-state index is 12.7. The Labute approximate surface area is 148 Å². The molecule has 11 heteroatoms. The maximum atomic E-state index is 12.7. The van der Waals surface area contributed by atoms with E-state index in [-0.39, 0.29) is 25.0 Å². The van der Waals surface area contributed by atoms with Crippen LogP contribution in [0.15, 0.2) is 0 Å². The largest absolute Gasteiger partial charge is 0.481 e. The number of amides is 3. The van der Waals surface area contributed by atoms with E-state index in [2.05, 4.69) is 21.4 Å². The van der Waals surface area contributed by atoms with Crippen molar-refractivity contribution in [3.05, 3.63) is 0 Å². The number of rotatable bonds is 8. The van der Waals surface area contributed by atoms with Gasteiger partial charge < -0.3 is 25.9 Å². The molecule has 5 N–H and O–H groups in total. The van der Waals surface area contributed by atoms with Crippen molar-refractivity contribution in [2.24, 2.45) is 0 Å². The van der Waals surface area contributed by atoms with E-state index in [9.17, 15) is 19.2 Å². The van der Waals surface area contributed by atoms with Crippen LogP contribution in [0.1, 0.15) is 25.7 Å². The van der Waals surface area contributed by atoms with Crippen LogP contribution in [0, 0.1) is 0 Å². The number of fused-ring (bicyclic) bond motifs is 1. The minimum atomic E-state index is -1.01. The zero-order chi connectivity index (χ0) is 18.4. The molecule has 0 bridgehead atoms. The first-order valence-electron chi connectivity index (χ1n) is 7.96. The maximum Gasteiger partial charge on any atom is 0.345 e. The molecule has 0 unspecified atom stereocenters. The number of hydrogen-bond donors (Lipinski definition) is 5. The zero-order valence-electron chi connectivity index (χ0n) is 13.8. The molecule has 0 saturated carbocycles. The molecule has 2 saturated heterocycles. The quantitative estimate of drug-likeness (QED) is 0.206. The second-order valence-electron chi connectivity index (χ2n) is 5.94. The van der Waals surface area contributed by atoms with Gasteiger partial charge in [-0.1, -0.05) is 6.42 Å². The highest BCUT2D eigenvalue weighted by molar-refractivity contribution is 8.01. The van der Waals surface area contributed by atoms with Crippen LogP contribution < -0.4 is 21.4 Å². The van der Waals surface area contributed by atoms with Crippen LogP contribution in [0.25, 0.3) is 0 Å². The number of hydroxylamine groups is 1. The van der Waals surface area contributed by atoms with E-state index in [4.69, 9.17) is 9.94 Å². The summed E-state index contributed by atoms with van der Waals surface area (Å²) in [6.45, 7) is -0.0522. The van der Waals surface area contributed by atoms with Gasteiger partial charge in [0.2, 0.25) is 0 Å². The number of carboxylic acids is 1. The van der Waals surface area contributed by atoms with Crippen molar-refractivity contribution < 1.29 is 29.1 Å². The number of thioether (sulfide) groups is 1. The summed E-state index contributed by atoms with van der Waals surface area (Å²) in [6, 6.07) is -0.987. The van der Waals surface area contributed by atoms with Gasteiger partial charge in [-0.05, 0) is 19.9 Å². The summed E-state index contributed by atoms with van der Waals surface area (Å²) in [5.74, 6) is -1.49. The van der Waals surface area contributed by atoms with E-state index in [0.717, 1.165) is 0 Å². The predicted octanol–water partition coefficient (Wildman–Crippen LogP) is -1.04. The minimum absolute atomic E-state index is 0.0121. The molecule has 0 radical (unpaired) electrons. The summed E-state index contributed by atoms with van der Waals surface area (Å²) in [4.78, 5) is 51.2. The van der Waals surface area contributed by atoms with Crippen molar-refractivity contribution in [1.29, 1.82) is 0 Å². The number of carboxylic acid groups (broad SMARTS) is 1. The molecule has 2 rings (SSSR count). The van der Waals surface area contributed by atoms with Crippen LogP contribution in [0.3, 0.4) is 0 Å². The van der Waals surface area contributed by atoms with Crippen molar-refractivity contribution in [2.75, 3.05) is 19.3 Å². The molecule has 3 amide bonds. The molecule has 25 heavy (non-hydrogen) atoms. The lowest BCUT2D eigenvalue weighted by molar-refractivity contribution is -0.158. The van der Waals surface area contributed by atoms with Crippen LogP contribution in [-0.4, -0.2) is 65.2 Å². The molecular formula is C14H22N4O6S. The molecular weight excluding hydrogens is 352 g/mol. The third kappa shape index (κ3) is 4.54. The summed E-state index contributed by atoms with van der Waals surface area (Å²) in [7, 11) is 1.57. The number of carbonyl (C=O) groups is 4. The van der Waals surface area contributed by atoms with Crippen molar-refractivity contribution in [3.63, 3.8) is 0 Å². The molecule has 2 fully saturated rings. The van der Waals surface area contributed by atoms with Crippen LogP contribution in [0.2, 0.25) is 0 Å². The molecule has 0 spiro atoms. The van der Waals surface area contributed by atoms with Crippen molar-refractivity contribution >= 4 is 35.6 Å². The molecule has 2 aliphatic rings. The Hall–Kier alpha value is -2.01. The molecule has 140 valence electrons. The zero-order valence-corrected chi connectivity index (χ0v) is 14.6. The lowest BCUT2D eigenvalue weighted by Gasteiger charge is -2.31. The van der Waals surface area contributed by atoms with Gasteiger partial charge in [0.1, 0.15) is 4.75 Å². The Balaban J connectivity index is 2.04. The van der Waals surface area contributed by atoms with E-state index in [1.807, 2.05) is 0 Å². The number of unbranched alkanes of at least 4 members (excludes halogenated alkanes) is 1. The Bertz CT molecular complexity index is 559. The fraction of sp³-hybridized carbons (Fsp3) is 0.714. The molecule has 2 heterocycles. The van der Waals surface area contributed by atoms with Crippen molar-refractivity contribution in [2.45, 2.75) is 42.5 Å². The third-order valence-corrected chi connectivity index (χ3v) is 5.86. The average molecular weight is 374 g/mol. The Kier molecular flexibility index (Phi) is 6.48. The summed E-state index contributed by atoms with van der Waals surface area (Å²) < 4.78 is -1.01. The first-order chi connectivity index (χ1) is 11.9. The van der Waals surface area contributed by atoms with Gasteiger partial charge in [-0.2, -0.15) is 5.48 Å². The predicted molar refractivity (Wildman–Crippen MR) is 88.7 cm³/mol. The third-order valence-electron chi connectivity index (χ3n) is 4.18. The standard InChI is InChI=1S/C14H22N4O6S/c1-15-6-10(21)24-18-12(22)14(5-3-2-4-9(19)20)11-8(7-25-14)16-13(23)17-11/h8,11,15H,2-7H2,1H3,(H,18,22)(H,19,20)(H2,16,17,23)/t8-,11-,14-/m0/s1. The summed E-state index contributed by atoms with van der Waals surface area (Å²) in [5.41, 5.74) is 2.18. The summed E-state index contributed by atoms with van der Waals surface area (Å²) in [6.07, 6.45) is 1.29. The minimum Gasteiger partial charge on any atom is -0.481 e. The number of carbonyl (C=O) groups excluding carboxylic acids is 3. The van der Waals surface area contributed by atoms with E-state index in [1.165, 1.54) is 11.8 Å². The molecule has 0 aliphatic carbocycles. The van der Waals surface area contributed by atoms with Crippen molar-refractivity contribution in [1.82, 2.24) is 21.4 Å². The van der Waals surface area contributed by atoms with Crippen molar-refractivity contribution in [3.8, 4) is 0 Å². The van der Waals surface area contributed by atoms with Crippen LogP contribution in [0.4, 0.5) is 4.79 Å². The molecule has 0 aromatic rings. The van der Waals surface area contributed by atoms with Gasteiger partial charge in [0.25, 0.3) is 5.91 Å². The van der Waals surface area contributed by atoms with E-state index in [0.29, 0.717) is 25.0 Å². The van der Waals surface area contributed by atoms with Gasteiger partial charge in [-0.15, -0.1) is 11.8 Å². The smallest absolute Gasteiger partial charge is 0.345 e. The number of urea groups is 1. The van der Waals surface area contributed by atoms with Gasteiger partial charge in [0.05, 0.1) is 18.6 Å². The van der Waals surface area contributed by atoms with Gasteiger partial charge in [0.15, 0.2) is 0 Å². The lowest BCUT2D eigenvalue weighted by atomic mass is 9.89. The molecule has 0 aromatic heterocycles. The molecule has 3 atom stereocenters. The van der Waals surface area contributed by atoms with E-state index in [1.54, 1.807) is 7.05 Å². The summed E-state index contributed by atoms with van der Waals surface area (Å²) >= 11 is 1.37. The highest BCUT2D eigenvalue weighted by Gasteiger charge is 2.58. The molecule has 0 aromatic carbocycles. The highest BCUT2D eigenvalue weighted by atomic mass is 32.2.